The zero-order chi connectivity index (χ0) is 107. The van der Waals surface area contributed by atoms with Gasteiger partial charge in [-0.1, -0.05) is 12.1 Å². The van der Waals surface area contributed by atoms with E-state index in [1.54, 1.807) is 93.0 Å². The molecule has 9 N–H and O–H groups in total. The number of Topliss-reactive ketones (excluding diaryl/α,β-unsaturated/α-hetero) is 2. The van der Waals surface area contributed by atoms with Crippen LogP contribution in [0.5, 0.6) is 41.3 Å². The second-order valence-electron chi connectivity index (χ2n) is 40.2. The Bertz CT molecular complexity index is 6400. The number of methoxy groups -OCH3 is 5. The largest absolute Gasteiger partial charge is 0.496 e. The molecule has 804 valence electrons. The summed E-state index contributed by atoms with van der Waals surface area (Å²) in [4.78, 5) is 136. The van der Waals surface area contributed by atoms with Crippen LogP contribution in [0.4, 0.5) is 36.7 Å². The molecule has 5 aliphatic heterocycles. The Labute approximate surface area is 867 Å². The fourth-order valence-corrected chi connectivity index (χ4v) is 18.8. The first kappa shape index (κ1) is 110. The minimum atomic E-state index is -4.47. The smallest absolute Gasteiger partial charge is 0.389 e. The molecule has 5 saturated heterocycles. The Balaban J connectivity index is 0.000000149. The number of aliphatic hydroxyl groups excluding tert-OH is 1. The molecule has 0 bridgehead atoms. The topological polar surface area (TPSA) is 542 Å². The number of nitrogens with zero attached hydrogens (tertiary/aromatic N) is 20. The van der Waals surface area contributed by atoms with E-state index in [4.69, 9.17) is 58.4 Å². The van der Waals surface area contributed by atoms with E-state index < -0.39 is 54.0 Å². The monoisotopic (exact) mass is 2080 g/mol. The molecule has 0 aromatic carbocycles. The SMILES string of the molecule is CC(=O)c1cccc(C2CCN(c3nc(OC[C@H]4C[C@H]4C#N)nc(C(=O)CCC(F)(F)F)n3)CC2)n1.COC[C@@H](C)Oc1nc(C(=O)NC(C)C(C)(C)N)cc(N2CCC(C3=CCc4nccc(OC)c43)CC2)n1.COC[C@@H](C)Oc1nc(C(=O)NC2CCC2O)cc(N2CCC(c3[nH]nc4nccc(OC)c34)CC2)n1.COc1ccnc2[nH]cc(C3CCN(c4nc(OC[C@H]5CCCO5)nc(C(=O)N[C@H](C)C(C)(C)O)n4)CC3)c12. The van der Waals surface area contributed by atoms with Gasteiger partial charge in [-0.25, -0.2) is 15.0 Å². The van der Waals surface area contributed by atoms with Gasteiger partial charge in [0.05, 0.1) is 112 Å². The van der Waals surface area contributed by atoms with Crippen molar-refractivity contribution in [3.05, 3.63) is 136 Å². The molecule has 43 nitrogen and oxygen atoms in total. The van der Waals surface area contributed by atoms with Crippen LogP contribution in [-0.4, -0.2) is 305 Å². The number of H-pyrrole nitrogens is 2. The van der Waals surface area contributed by atoms with E-state index in [9.17, 15) is 47.4 Å². The molecule has 3 amide bonds. The number of hydrogen-bond acceptors (Lipinski definition) is 38. The summed E-state index contributed by atoms with van der Waals surface area (Å²) in [7, 11) is 8.23. The van der Waals surface area contributed by atoms with Crippen molar-refractivity contribution in [2.45, 2.75) is 243 Å². The lowest BCUT2D eigenvalue weighted by molar-refractivity contribution is -0.133. The maximum absolute atomic E-state index is 13.1. The number of aromatic amines is 2. The fourth-order valence-electron chi connectivity index (χ4n) is 18.8. The number of nitrogens with one attached hydrogen (secondary N) is 5. The Morgan fingerprint density at radius 1 is 0.600 bits per heavy atom. The molecule has 7 fully saturated rings. The van der Waals surface area contributed by atoms with Crippen molar-refractivity contribution in [2.75, 3.05) is 141 Å². The zero-order valence-corrected chi connectivity index (χ0v) is 87.2. The van der Waals surface area contributed by atoms with E-state index >= 15 is 0 Å². The molecule has 3 aliphatic carbocycles. The molecule has 15 heterocycles. The molecule has 9 atom stereocenters. The number of aromatic nitrogens is 17. The highest BCUT2D eigenvalue weighted by atomic mass is 19.4. The molecular formula is C104H135F3N26O17. The Morgan fingerprint density at radius 3 is 1.72 bits per heavy atom. The first-order valence-electron chi connectivity index (χ1n) is 51.1. The van der Waals surface area contributed by atoms with Crippen LogP contribution in [0.25, 0.3) is 27.6 Å². The van der Waals surface area contributed by atoms with Gasteiger partial charge in [0, 0.05) is 170 Å². The van der Waals surface area contributed by atoms with Crippen molar-refractivity contribution in [1.82, 2.24) is 101 Å². The highest BCUT2D eigenvalue weighted by Gasteiger charge is 2.41. The number of anilines is 4. The number of carbonyl (C=O) groups excluding carboxylic acids is 5. The first-order valence-corrected chi connectivity index (χ1v) is 51.1. The number of ketones is 2. The number of pyridine rings is 4. The summed E-state index contributed by atoms with van der Waals surface area (Å²) < 4.78 is 93.9. The van der Waals surface area contributed by atoms with Gasteiger partial charge in [0.2, 0.25) is 29.3 Å². The first-order chi connectivity index (χ1) is 71.9. The minimum Gasteiger partial charge on any atom is -0.496 e. The van der Waals surface area contributed by atoms with Crippen LogP contribution in [-0.2, 0) is 20.6 Å². The number of nitriles is 1. The molecule has 2 saturated carbocycles. The summed E-state index contributed by atoms with van der Waals surface area (Å²) in [5.41, 5.74) is 13.4. The number of allylic oxidation sites excluding steroid dienone is 2. The van der Waals surface area contributed by atoms with Gasteiger partial charge >= 0.3 is 30.2 Å². The van der Waals surface area contributed by atoms with E-state index in [1.165, 1.54) is 18.1 Å². The van der Waals surface area contributed by atoms with E-state index in [2.05, 4.69) is 128 Å². The van der Waals surface area contributed by atoms with Crippen LogP contribution in [0, 0.1) is 29.1 Å². The van der Waals surface area contributed by atoms with Crippen molar-refractivity contribution in [3.63, 3.8) is 0 Å². The standard InChI is InChI=1S/C28H40N6O4.C27H37N7O5.C25H33N7O5.C24H25F3N6O3/c1-17(16-36-5)38-27-32-22(26(35)31-18(2)28(3,4)29)15-24(33-27)34-13-10-19(11-14-34)20-7-8-21-25(20)23(37-6)9-12-30-21;1-16(27(2,3)36)30-24(35)23-31-25(33-26(32-23)39-15-18-6-5-13-38-18)34-11-8-17(9-12-34)19-14-29-22-21(19)20(37-4)7-10-28-22;1-14(13-35-2)37-25-28-17(24(34)27-16-4-5-18(16)33)12-20(29-25)32-10-7-15(8-11-32)22-21-19(36-3)6-9-26-23(21)31-30-22;1-14(34)18-3-2-4-19(29-18)15-6-9-33(10-7-15)22-30-21(20(35)5-8-24(25,26)27)31-23(32-22)36-13-17-11-16(17)12-28/h7,9,12,15,17-19H,8,10-11,13-14,16,29H2,1-6H3,(H,31,35);7,10,14,16-18,36H,5-6,8-9,11-13,15H2,1-4H3,(H,28,29)(H,30,35);6,9,12,14-16,18,33H,4-5,7-8,10-11,13H2,1-3H3,(H,27,34)(H,26,30,31);2-4,15-17H,5-11,13H2,1H3/t17-,18?;16-,18-;14-,16?,18?;16-,17+/m1110/s1. The van der Waals surface area contributed by atoms with Gasteiger partial charge in [-0.3, -0.25) is 34.1 Å². The Kier molecular flexibility index (Phi) is 36.5. The number of rotatable bonds is 37. The average Bonchev–Trinajstić information content (AvgIpc) is 1.65. The van der Waals surface area contributed by atoms with Crippen molar-refractivity contribution < 1.29 is 94.7 Å². The zero-order valence-electron chi connectivity index (χ0n) is 87.2. The van der Waals surface area contributed by atoms with E-state index in [-0.39, 0.29) is 131 Å². The predicted octanol–water partition coefficient (Wildman–Crippen LogP) is 11.3. The lowest BCUT2D eigenvalue weighted by Crippen LogP contribution is -2.53. The van der Waals surface area contributed by atoms with Crippen molar-refractivity contribution >= 4 is 80.5 Å². The van der Waals surface area contributed by atoms with Crippen LogP contribution in [0.15, 0.2) is 79.4 Å². The summed E-state index contributed by atoms with van der Waals surface area (Å²) in [6.45, 7) is 23.2. The summed E-state index contributed by atoms with van der Waals surface area (Å²) in [6, 6.07) is 15.8. The molecule has 8 aliphatic rings. The third-order valence-corrected chi connectivity index (χ3v) is 28.4. The second-order valence-corrected chi connectivity index (χ2v) is 40.2. The lowest BCUT2D eigenvalue weighted by atomic mass is 9.86. The fraction of sp³-hybridized carbons (Fsp3) is 0.567. The molecule has 10 aromatic heterocycles. The van der Waals surface area contributed by atoms with Gasteiger partial charge in [-0.2, -0.15) is 73.4 Å². The van der Waals surface area contributed by atoms with Crippen molar-refractivity contribution in [1.29, 1.82) is 5.26 Å². The predicted molar refractivity (Wildman–Crippen MR) is 547 cm³/mol. The number of hydrogen-bond donors (Lipinski definition) is 8. The average molecular weight is 2080 g/mol. The van der Waals surface area contributed by atoms with Crippen LogP contribution < -0.4 is 74.4 Å². The summed E-state index contributed by atoms with van der Waals surface area (Å²) in [5, 5.41) is 47.2. The molecule has 18 rings (SSSR count). The van der Waals surface area contributed by atoms with Gasteiger partial charge in [0.15, 0.2) is 11.4 Å². The number of fused-ring (bicyclic) bond motifs is 3. The van der Waals surface area contributed by atoms with E-state index in [0.717, 1.165) is 147 Å². The van der Waals surface area contributed by atoms with E-state index in [1.807, 2.05) is 76.2 Å². The van der Waals surface area contributed by atoms with Gasteiger partial charge in [0.1, 0.15) is 70.4 Å². The maximum atomic E-state index is 13.1. The number of carbonyl (C=O) groups is 5. The molecule has 0 radical (unpaired) electrons. The van der Waals surface area contributed by atoms with Gasteiger partial charge in [0.25, 0.3) is 17.7 Å². The maximum Gasteiger partial charge on any atom is 0.389 e. The number of nitrogens with two attached hydrogens (primary N) is 1. The molecular weight excluding hydrogens is 1940 g/mol. The summed E-state index contributed by atoms with van der Waals surface area (Å²) >= 11 is 0. The Morgan fingerprint density at radius 2 is 1.16 bits per heavy atom. The second kappa shape index (κ2) is 49.7. The minimum absolute atomic E-state index is 0.0175. The Hall–Kier alpha value is -13.9. The number of alkyl halides is 3. The molecule has 10 aromatic rings. The highest BCUT2D eigenvalue weighted by Crippen LogP contribution is 2.45. The number of aliphatic hydroxyl groups is 2. The van der Waals surface area contributed by atoms with Gasteiger partial charge in [-0.15, -0.1) is 0 Å². The normalized spacial score (nSPS) is 19.4. The van der Waals surface area contributed by atoms with Crippen molar-refractivity contribution in [3.8, 4) is 47.4 Å². The summed E-state index contributed by atoms with van der Waals surface area (Å²) in [5.74, 6) is 2.77. The number of halogens is 3. The van der Waals surface area contributed by atoms with Crippen LogP contribution in [0.3, 0.4) is 0 Å². The lowest BCUT2D eigenvalue weighted by Gasteiger charge is -2.34. The molecule has 3 unspecified atom stereocenters. The van der Waals surface area contributed by atoms with E-state index in [0.29, 0.717) is 119 Å². The summed E-state index contributed by atoms with van der Waals surface area (Å²) in [6.07, 6.45) is 13.5. The number of piperidine rings is 4. The van der Waals surface area contributed by atoms with Crippen LogP contribution >= 0.6 is 0 Å². The molecule has 0 spiro atoms. The van der Waals surface area contributed by atoms with Crippen LogP contribution in [0.2, 0.25) is 0 Å². The van der Waals surface area contributed by atoms with Gasteiger partial charge < -0.3 is 104 Å². The number of ether oxygens (including phenoxy) is 10. The third kappa shape index (κ3) is 28.4. The third-order valence-electron chi connectivity index (χ3n) is 28.4. The van der Waals surface area contributed by atoms with Crippen molar-refractivity contribution in [2.24, 2.45) is 23.5 Å². The number of amides is 3. The molecule has 150 heavy (non-hydrogen) atoms. The highest BCUT2D eigenvalue weighted by molar-refractivity contribution is 5.96. The quantitative estimate of drug-likeness (QED) is 0.0168. The molecule has 46 heteroatoms. The van der Waals surface area contributed by atoms with Crippen LogP contribution in [0.1, 0.15) is 257 Å². The van der Waals surface area contributed by atoms with Gasteiger partial charge in [-0.05, 0) is 192 Å².